The van der Waals surface area contributed by atoms with Crippen LogP contribution in [0.2, 0.25) is 0 Å². The van der Waals surface area contributed by atoms with Crippen molar-refractivity contribution < 1.29 is 9.53 Å². The molecule has 1 saturated heterocycles. The molecule has 27 heavy (non-hydrogen) atoms. The Hall–Kier alpha value is -2.34. The summed E-state index contributed by atoms with van der Waals surface area (Å²) in [5.74, 6) is 1.00. The summed E-state index contributed by atoms with van der Waals surface area (Å²) in [6, 6.07) is 5.87. The minimum atomic E-state index is -0.182. The summed E-state index contributed by atoms with van der Waals surface area (Å²) >= 11 is 0. The summed E-state index contributed by atoms with van der Waals surface area (Å²) < 4.78 is 5.93. The number of hydrogen-bond donors (Lipinski definition) is 0. The Kier molecular flexibility index (Phi) is 5.72. The van der Waals surface area contributed by atoms with Gasteiger partial charge in [0, 0.05) is 30.9 Å². The molecule has 1 saturated carbocycles. The lowest BCUT2D eigenvalue weighted by Gasteiger charge is -2.33. The Labute approximate surface area is 160 Å². The number of aromatic nitrogens is 3. The van der Waals surface area contributed by atoms with Crippen LogP contribution >= 0.6 is 0 Å². The molecule has 142 valence electrons. The Morgan fingerprint density at radius 2 is 2.00 bits per heavy atom. The van der Waals surface area contributed by atoms with Crippen LogP contribution in [-0.4, -0.2) is 45.5 Å². The topological polar surface area (TPSA) is 68.2 Å². The number of hydrogen-bond acceptors (Lipinski definition) is 5. The first-order valence-electron chi connectivity index (χ1n) is 9.91. The lowest BCUT2D eigenvalue weighted by Crippen LogP contribution is -2.42. The fraction of sp³-hybridized carbons (Fsp3) is 0.524. The van der Waals surface area contributed by atoms with Gasteiger partial charge in [0.25, 0.3) is 0 Å². The summed E-state index contributed by atoms with van der Waals surface area (Å²) in [4.78, 5) is 27.4. The van der Waals surface area contributed by atoms with Gasteiger partial charge in [-0.15, -0.1) is 0 Å². The molecule has 2 fully saturated rings. The fourth-order valence-corrected chi connectivity index (χ4v) is 4.06. The van der Waals surface area contributed by atoms with E-state index in [1.807, 2.05) is 23.1 Å². The molecule has 2 aromatic rings. The van der Waals surface area contributed by atoms with Crippen molar-refractivity contribution >= 4 is 5.91 Å². The Balaban J connectivity index is 1.40. The van der Waals surface area contributed by atoms with Gasteiger partial charge in [-0.25, -0.2) is 15.0 Å². The van der Waals surface area contributed by atoms with E-state index in [-0.39, 0.29) is 12.0 Å². The van der Waals surface area contributed by atoms with E-state index in [1.54, 1.807) is 12.4 Å². The maximum Gasteiger partial charge on any atom is 0.222 e. The number of nitrogens with zero attached hydrogens (tertiary/aromatic N) is 4. The van der Waals surface area contributed by atoms with Crippen LogP contribution in [0, 0.1) is 5.92 Å². The van der Waals surface area contributed by atoms with Crippen molar-refractivity contribution in [3.8, 4) is 11.3 Å². The van der Waals surface area contributed by atoms with Crippen molar-refractivity contribution in [3.63, 3.8) is 0 Å². The molecule has 1 atom stereocenters. The summed E-state index contributed by atoms with van der Waals surface area (Å²) in [5.41, 5.74) is 2.55. The minimum absolute atomic E-state index is 0.182. The van der Waals surface area contributed by atoms with Crippen LogP contribution in [0.4, 0.5) is 0 Å². The fourth-order valence-electron chi connectivity index (χ4n) is 4.06. The van der Waals surface area contributed by atoms with Crippen molar-refractivity contribution in [1.82, 2.24) is 19.9 Å². The van der Waals surface area contributed by atoms with Gasteiger partial charge in [-0.2, -0.15) is 0 Å². The SMILES string of the molecule is O=C(CCC1CCCC1)N1CCOC(c2cccc(-c3cncnc3)n2)C1. The standard InChI is InChI=1S/C21H26N4O2/c26-21(9-8-16-4-1-2-5-16)25-10-11-27-20(14-25)19-7-3-6-18(24-19)17-12-22-15-23-13-17/h3,6-7,12-13,15-16,20H,1-2,4-5,8-11,14H2. The Morgan fingerprint density at radius 3 is 2.81 bits per heavy atom. The van der Waals surface area contributed by atoms with Gasteiger partial charge in [0.15, 0.2) is 0 Å². The number of rotatable bonds is 5. The van der Waals surface area contributed by atoms with E-state index in [0.29, 0.717) is 26.1 Å². The third-order valence-electron chi connectivity index (χ3n) is 5.62. The predicted octanol–water partition coefficient (Wildman–Crippen LogP) is 3.41. The number of morpholine rings is 1. The quantitative estimate of drug-likeness (QED) is 0.811. The van der Waals surface area contributed by atoms with Crippen molar-refractivity contribution in [2.45, 2.75) is 44.6 Å². The molecule has 0 aromatic carbocycles. The monoisotopic (exact) mass is 366 g/mol. The van der Waals surface area contributed by atoms with Crippen molar-refractivity contribution in [2.75, 3.05) is 19.7 Å². The second-order valence-corrected chi connectivity index (χ2v) is 7.46. The summed E-state index contributed by atoms with van der Waals surface area (Å²) in [6.45, 7) is 1.80. The maximum absolute atomic E-state index is 12.7. The van der Waals surface area contributed by atoms with Crippen LogP contribution in [0.3, 0.4) is 0 Å². The van der Waals surface area contributed by atoms with Gasteiger partial charge in [-0.3, -0.25) is 4.79 Å². The average molecular weight is 366 g/mol. The molecule has 1 unspecified atom stereocenters. The smallest absolute Gasteiger partial charge is 0.222 e. The summed E-state index contributed by atoms with van der Waals surface area (Å²) in [5, 5.41) is 0. The molecular weight excluding hydrogens is 340 g/mol. The van der Waals surface area contributed by atoms with Gasteiger partial charge < -0.3 is 9.64 Å². The number of carbonyl (C=O) groups is 1. The highest BCUT2D eigenvalue weighted by atomic mass is 16.5. The Morgan fingerprint density at radius 1 is 1.19 bits per heavy atom. The lowest BCUT2D eigenvalue weighted by atomic mass is 10.0. The number of carbonyl (C=O) groups excluding carboxylic acids is 1. The molecule has 0 radical (unpaired) electrons. The second-order valence-electron chi connectivity index (χ2n) is 7.46. The van der Waals surface area contributed by atoms with Crippen LogP contribution in [0.5, 0.6) is 0 Å². The summed E-state index contributed by atoms with van der Waals surface area (Å²) in [7, 11) is 0. The number of pyridine rings is 1. The zero-order valence-electron chi connectivity index (χ0n) is 15.6. The van der Waals surface area contributed by atoms with Gasteiger partial charge in [0.05, 0.1) is 24.5 Å². The van der Waals surface area contributed by atoms with E-state index in [4.69, 9.17) is 9.72 Å². The zero-order valence-corrected chi connectivity index (χ0v) is 15.6. The molecule has 3 heterocycles. The van der Waals surface area contributed by atoms with Gasteiger partial charge >= 0.3 is 0 Å². The number of ether oxygens (including phenoxy) is 1. The van der Waals surface area contributed by atoms with Crippen LogP contribution in [0.15, 0.2) is 36.9 Å². The van der Waals surface area contributed by atoms with Crippen LogP contribution in [-0.2, 0) is 9.53 Å². The number of amides is 1. The van der Waals surface area contributed by atoms with E-state index in [1.165, 1.54) is 32.0 Å². The molecule has 0 spiro atoms. The van der Waals surface area contributed by atoms with Crippen molar-refractivity contribution in [2.24, 2.45) is 5.92 Å². The van der Waals surface area contributed by atoms with Crippen molar-refractivity contribution in [3.05, 3.63) is 42.6 Å². The minimum Gasteiger partial charge on any atom is -0.368 e. The first-order chi connectivity index (χ1) is 13.3. The molecule has 2 aromatic heterocycles. The van der Waals surface area contributed by atoms with E-state index in [2.05, 4.69) is 9.97 Å². The molecular formula is C21H26N4O2. The third-order valence-corrected chi connectivity index (χ3v) is 5.62. The maximum atomic E-state index is 12.7. The predicted molar refractivity (Wildman–Crippen MR) is 102 cm³/mol. The first kappa shape index (κ1) is 18.0. The average Bonchev–Trinajstić information content (AvgIpc) is 3.26. The molecule has 1 aliphatic carbocycles. The molecule has 1 aliphatic heterocycles. The molecule has 6 heteroatoms. The normalized spacial score (nSPS) is 20.7. The third kappa shape index (κ3) is 4.50. The van der Waals surface area contributed by atoms with Gasteiger partial charge in [0.1, 0.15) is 12.4 Å². The van der Waals surface area contributed by atoms with E-state index >= 15 is 0 Å². The highest BCUT2D eigenvalue weighted by Gasteiger charge is 2.27. The van der Waals surface area contributed by atoms with E-state index in [0.717, 1.165) is 29.3 Å². The molecule has 6 nitrogen and oxygen atoms in total. The molecule has 0 bridgehead atoms. The highest BCUT2D eigenvalue weighted by molar-refractivity contribution is 5.76. The van der Waals surface area contributed by atoms with Crippen LogP contribution in [0.1, 0.15) is 50.3 Å². The van der Waals surface area contributed by atoms with E-state index in [9.17, 15) is 4.79 Å². The van der Waals surface area contributed by atoms with E-state index < -0.39 is 0 Å². The van der Waals surface area contributed by atoms with Crippen LogP contribution in [0.25, 0.3) is 11.3 Å². The molecule has 2 aliphatic rings. The van der Waals surface area contributed by atoms with Gasteiger partial charge in [0.2, 0.25) is 5.91 Å². The highest BCUT2D eigenvalue weighted by Crippen LogP contribution is 2.29. The molecule has 1 amide bonds. The van der Waals surface area contributed by atoms with Crippen molar-refractivity contribution in [1.29, 1.82) is 0 Å². The second kappa shape index (κ2) is 8.57. The van der Waals surface area contributed by atoms with Gasteiger partial charge in [-0.05, 0) is 24.5 Å². The summed E-state index contributed by atoms with van der Waals surface area (Å²) in [6.07, 6.45) is 11.7. The Bertz CT molecular complexity index is 762. The molecule has 0 N–H and O–H groups in total. The lowest BCUT2D eigenvalue weighted by molar-refractivity contribution is -0.139. The first-order valence-corrected chi connectivity index (χ1v) is 9.91. The van der Waals surface area contributed by atoms with Gasteiger partial charge in [-0.1, -0.05) is 31.7 Å². The van der Waals surface area contributed by atoms with Crippen LogP contribution < -0.4 is 0 Å². The largest absolute Gasteiger partial charge is 0.368 e. The molecule has 4 rings (SSSR count). The zero-order chi connectivity index (χ0) is 18.5.